The van der Waals surface area contributed by atoms with Crippen LogP contribution < -0.4 is 10.7 Å². The number of rotatable bonds is 4. The second kappa shape index (κ2) is 6.95. The normalized spacial score (nSPS) is 10.3. The van der Waals surface area contributed by atoms with E-state index in [1.807, 2.05) is 6.07 Å². The zero-order valence-corrected chi connectivity index (χ0v) is 11.4. The van der Waals surface area contributed by atoms with E-state index in [4.69, 9.17) is 0 Å². The molecule has 0 aliphatic heterocycles. The molecule has 2 rings (SSSR count). The molecule has 0 aliphatic carbocycles. The Labute approximate surface area is 121 Å². The van der Waals surface area contributed by atoms with Gasteiger partial charge in [-0.1, -0.05) is 6.07 Å². The van der Waals surface area contributed by atoms with Crippen LogP contribution in [-0.4, -0.2) is 23.0 Å². The van der Waals surface area contributed by atoms with Gasteiger partial charge in [0.2, 0.25) is 5.91 Å². The highest BCUT2D eigenvalue weighted by Crippen LogP contribution is 2.09. The summed E-state index contributed by atoms with van der Waals surface area (Å²) in [5.41, 5.74) is 4.14. The summed E-state index contributed by atoms with van der Waals surface area (Å²) in [5, 5.41) is 6.46. The Balaban J connectivity index is 1.94. The number of pyridine rings is 1. The Kier molecular flexibility index (Phi) is 4.76. The van der Waals surface area contributed by atoms with Gasteiger partial charge in [0.15, 0.2) is 0 Å². The highest BCUT2D eigenvalue weighted by Gasteiger charge is 2.04. The fraction of sp³-hybridized carbons (Fsp3) is 0.0667. The molecule has 1 aromatic carbocycles. The van der Waals surface area contributed by atoms with Crippen molar-refractivity contribution in [3.05, 3.63) is 59.9 Å². The van der Waals surface area contributed by atoms with Gasteiger partial charge >= 0.3 is 0 Å². The lowest BCUT2D eigenvalue weighted by molar-refractivity contribution is -0.114. The van der Waals surface area contributed by atoms with Crippen molar-refractivity contribution >= 4 is 23.7 Å². The Hall–Kier alpha value is -3.02. The molecule has 0 fully saturated rings. The van der Waals surface area contributed by atoms with Crippen molar-refractivity contribution in [2.24, 2.45) is 5.10 Å². The first-order valence-electron chi connectivity index (χ1n) is 6.27. The third kappa shape index (κ3) is 4.54. The minimum absolute atomic E-state index is 0.160. The van der Waals surface area contributed by atoms with Crippen molar-refractivity contribution in [1.82, 2.24) is 10.4 Å². The first kappa shape index (κ1) is 14.4. The number of nitrogens with zero attached hydrogens (tertiary/aromatic N) is 2. The second-order valence-corrected chi connectivity index (χ2v) is 4.21. The molecule has 6 nitrogen and oxygen atoms in total. The largest absolute Gasteiger partial charge is 0.326 e. The number of anilines is 1. The molecule has 1 aromatic heterocycles. The molecule has 0 unspecified atom stereocenters. The minimum Gasteiger partial charge on any atom is -0.326 e. The molecule has 0 saturated carbocycles. The van der Waals surface area contributed by atoms with Crippen LogP contribution in [0.25, 0.3) is 0 Å². The van der Waals surface area contributed by atoms with E-state index in [0.29, 0.717) is 16.9 Å². The number of amides is 2. The summed E-state index contributed by atoms with van der Waals surface area (Å²) < 4.78 is 0. The molecule has 2 amide bonds. The molecule has 0 bridgehead atoms. The Morgan fingerprint density at radius 3 is 2.52 bits per heavy atom. The molecule has 0 aliphatic rings. The van der Waals surface area contributed by atoms with E-state index < -0.39 is 0 Å². The number of aromatic nitrogens is 1. The molecule has 2 aromatic rings. The van der Waals surface area contributed by atoms with Crippen molar-refractivity contribution in [2.75, 3.05) is 5.32 Å². The first-order valence-corrected chi connectivity index (χ1v) is 6.27. The van der Waals surface area contributed by atoms with E-state index >= 15 is 0 Å². The van der Waals surface area contributed by atoms with Crippen molar-refractivity contribution < 1.29 is 9.59 Å². The second-order valence-electron chi connectivity index (χ2n) is 4.21. The molecule has 0 saturated heterocycles. The van der Waals surface area contributed by atoms with Crippen LogP contribution in [0, 0.1) is 0 Å². The van der Waals surface area contributed by atoms with Crippen LogP contribution in [0.5, 0.6) is 0 Å². The smallest absolute Gasteiger partial charge is 0.271 e. The van der Waals surface area contributed by atoms with Crippen LogP contribution in [-0.2, 0) is 4.79 Å². The summed E-state index contributed by atoms with van der Waals surface area (Å²) >= 11 is 0. The van der Waals surface area contributed by atoms with Gasteiger partial charge in [0.05, 0.1) is 11.9 Å². The van der Waals surface area contributed by atoms with Gasteiger partial charge in [-0.15, -0.1) is 0 Å². The number of nitrogens with one attached hydrogen (secondary N) is 2. The van der Waals surface area contributed by atoms with Gasteiger partial charge in [0.1, 0.15) is 0 Å². The number of carbonyl (C=O) groups excluding carboxylic acids is 2. The van der Waals surface area contributed by atoms with Crippen LogP contribution in [0.4, 0.5) is 5.69 Å². The van der Waals surface area contributed by atoms with E-state index in [9.17, 15) is 9.59 Å². The van der Waals surface area contributed by atoms with E-state index in [0.717, 1.165) is 0 Å². The standard InChI is InChI=1S/C15H14N4O2/c1-11(20)18-13-7-5-12(6-8-13)15(21)19-17-10-14-4-2-3-9-16-14/h2-10H,1H3,(H,18,20)(H,19,21)/b17-10-. The third-order valence-electron chi connectivity index (χ3n) is 2.52. The van der Waals surface area contributed by atoms with Gasteiger partial charge in [-0.3, -0.25) is 14.6 Å². The number of hydrazone groups is 1. The predicted molar refractivity (Wildman–Crippen MR) is 80.0 cm³/mol. The first-order chi connectivity index (χ1) is 10.1. The lowest BCUT2D eigenvalue weighted by Gasteiger charge is -2.03. The quantitative estimate of drug-likeness (QED) is 0.662. The molecule has 2 N–H and O–H groups in total. The van der Waals surface area contributed by atoms with Gasteiger partial charge in [-0.25, -0.2) is 5.43 Å². The van der Waals surface area contributed by atoms with Gasteiger partial charge in [-0.05, 0) is 36.4 Å². The molecule has 0 spiro atoms. The summed E-state index contributed by atoms with van der Waals surface area (Å²) in [5.74, 6) is -0.497. The van der Waals surface area contributed by atoms with Gasteiger partial charge in [0.25, 0.3) is 5.91 Å². The lowest BCUT2D eigenvalue weighted by Crippen LogP contribution is -2.17. The van der Waals surface area contributed by atoms with Crippen LogP contribution in [0.1, 0.15) is 23.0 Å². The molecule has 6 heteroatoms. The number of hydrogen-bond acceptors (Lipinski definition) is 4. The van der Waals surface area contributed by atoms with Crippen molar-refractivity contribution in [1.29, 1.82) is 0 Å². The topological polar surface area (TPSA) is 83.5 Å². The number of carbonyl (C=O) groups is 2. The summed E-state index contributed by atoms with van der Waals surface area (Å²) in [6, 6.07) is 11.9. The zero-order valence-electron chi connectivity index (χ0n) is 11.4. The zero-order chi connectivity index (χ0) is 15.1. The van der Waals surface area contributed by atoms with Crippen LogP contribution >= 0.6 is 0 Å². The van der Waals surface area contributed by atoms with E-state index in [1.54, 1.807) is 42.6 Å². The molecule has 0 radical (unpaired) electrons. The van der Waals surface area contributed by atoms with Crippen LogP contribution in [0.2, 0.25) is 0 Å². The maximum atomic E-state index is 11.8. The molecular weight excluding hydrogens is 268 g/mol. The highest BCUT2D eigenvalue weighted by atomic mass is 16.2. The van der Waals surface area contributed by atoms with E-state index in [2.05, 4.69) is 20.8 Å². The Morgan fingerprint density at radius 1 is 1.14 bits per heavy atom. The molecule has 21 heavy (non-hydrogen) atoms. The SMILES string of the molecule is CC(=O)Nc1ccc(C(=O)N/N=C\c2ccccn2)cc1. The molecule has 106 valence electrons. The maximum Gasteiger partial charge on any atom is 0.271 e. The molecule has 0 atom stereocenters. The van der Waals surface area contributed by atoms with Gasteiger partial charge < -0.3 is 5.32 Å². The van der Waals surface area contributed by atoms with E-state index in [-0.39, 0.29) is 11.8 Å². The molecule has 1 heterocycles. The average Bonchev–Trinajstić information content (AvgIpc) is 2.48. The van der Waals surface area contributed by atoms with Gasteiger partial charge in [-0.2, -0.15) is 5.10 Å². The van der Waals surface area contributed by atoms with Crippen molar-refractivity contribution in [3.63, 3.8) is 0 Å². The summed E-state index contributed by atoms with van der Waals surface area (Å²) in [4.78, 5) is 26.8. The lowest BCUT2D eigenvalue weighted by atomic mass is 10.2. The Bertz CT molecular complexity index is 651. The third-order valence-corrected chi connectivity index (χ3v) is 2.52. The van der Waals surface area contributed by atoms with E-state index in [1.165, 1.54) is 13.1 Å². The monoisotopic (exact) mass is 282 g/mol. The summed E-state index contributed by atoms with van der Waals surface area (Å²) in [7, 11) is 0. The Morgan fingerprint density at radius 2 is 1.90 bits per heavy atom. The number of hydrogen-bond donors (Lipinski definition) is 2. The minimum atomic E-state index is -0.337. The fourth-order valence-electron chi connectivity index (χ4n) is 1.58. The predicted octanol–water partition coefficient (Wildman–Crippen LogP) is 1.80. The number of benzene rings is 1. The van der Waals surface area contributed by atoms with Crippen LogP contribution in [0.3, 0.4) is 0 Å². The highest BCUT2D eigenvalue weighted by molar-refractivity contribution is 5.95. The maximum absolute atomic E-state index is 11.8. The molecular formula is C15H14N4O2. The van der Waals surface area contributed by atoms with Crippen LogP contribution in [0.15, 0.2) is 53.8 Å². The summed E-state index contributed by atoms with van der Waals surface area (Å²) in [6.45, 7) is 1.42. The summed E-state index contributed by atoms with van der Waals surface area (Å²) in [6.07, 6.45) is 3.10. The fourth-order valence-corrected chi connectivity index (χ4v) is 1.58. The van der Waals surface area contributed by atoms with Crippen molar-refractivity contribution in [3.8, 4) is 0 Å². The van der Waals surface area contributed by atoms with Crippen molar-refractivity contribution in [2.45, 2.75) is 6.92 Å². The van der Waals surface area contributed by atoms with Gasteiger partial charge in [0, 0.05) is 24.4 Å². The average molecular weight is 282 g/mol.